The van der Waals surface area contributed by atoms with Crippen LogP contribution in [0, 0.1) is 0 Å². The van der Waals surface area contributed by atoms with E-state index in [1.54, 1.807) is 18.2 Å². The summed E-state index contributed by atoms with van der Waals surface area (Å²) < 4.78 is 28.3. The number of nitrogens with two attached hydrogens (primary N) is 2. The van der Waals surface area contributed by atoms with Crippen LogP contribution >= 0.6 is 35.3 Å². The zero-order chi connectivity index (χ0) is 23.3. The number of nitrogens with zero attached hydrogens (tertiary/aromatic N) is 4. The normalized spacial score (nSPS) is 12.1. The summed E-state index contributed by atoms with van der Waals surface area (Å²) in [5, 5.41) is 14.1. The van der Waals surface area contributed by atoms with E-state index in [0.717, 1.165) is 11.3 Å². The van der Waals surface area contributed by atoms with Gasteiger partial charge in [-0.05, 0) is 30.3 Å². The van der Waals surface area contributed by atoms with E-state index in [4.69, 9.17) is 23.1 Å². The molecule has 1 heterocycles. The maximum Gasteiger partial charge on any atom is 0.285 e. The highest BCUT2D eigenvalue weighted by Gasteiger charge is 2.15. The monoisotopic (exact) mass is 528 g/mol. The molecule has 0 atom stereocenters. The van der Waals surface area contributed by atoms with Gasteiger partial charge in [0.2, 0.25) is 23.0 Å². The molecule has 174 valence electrons. The van der Waals surface area contributed by atoms with Gasteiger partial charge in [0.1, 0.15) is 0 Å². The van der Waals surface area contributed by atoms with Crippen molar-refractivity contribution in [1.29, 1.82) is 0 Å². The first-order chi connectivity index (χ1) is 15.1. The average Bonchev–Trinajstić information content (AvgIpc) is 3.15. The van der Waals surface area contributed by atoms with E-state index in [1.165, 1.54) is 31.2 Å². The largest absolute Gasteiger partial charge is 0.369 e. The third-order valence-corrected chi connectivity index (χ3v) is 6.17. The number of rotatable bonds is 5. The minimum atomic E-state index is -4.12. The van der Waals surface area contributed by atoms with Gasteiger partial charge < -0.3 is 16.8 Å². The Kier molecular flexibility index (Phi) is 8.70. The maximum absolute atomic E-state index is 12.4. The van der Waals surface area contributed by atoms with E-state index >= 15 is 0 Å². The molecule has 0 unspecified atom stereocenters. The fourth-order valence-corrected chi connectivity index (χ4v) is 4.32. The number of hydrogen-bond donors (Lipinski definition) is 4. The van der Waals surface area contributed by atoms with Crippen molar-refractivity contribution in [3.63, 3.8) is 0 Å². The zero-order valence-electron chi connectivity index (χ0n) is 16.9. The lowest BCUT2D eigenvalue weighted by atomic mass is 10.2. The van der Waals surface area contributed by atoms with Gasteiger partial charge in [-0.1, -0.05) is 41.1 Å². The average molecular weight is 529 g/mol. The van der Waals surface area contributed by atoms with Gasteiger partial charge in [0, 0.05) is 18.2 Å². The number of carbonyl (C=O) groups excluding carboxylic acids is 1. The van der Waals surface area contributed by atoms with Gasteiger partial charge in [-0.2, -0.15) is 13.4 Å². The SMILES string of the molecule is CC(=O)Nc1ccc(S(=O)(=O)/N=C(/N)N/C(N)=N/c2nnc(-c3ccccc3Cl)s2)cc1.Cl. The Morgan fingerprint density at radius 2 is 1.73 bits per heavy atom. The highest BCUT2D eigenvalue weighted by molar-refractivity contribution is 7.90. The van der Waals surface area contributed by atoms with E-state index in [-0.39, 0.29) is 34.3 Å². The number of hydrogen-bond acceptors (Lipinski definition) is 7. The number of guanidine groups is 2. The Bertz CT molecular complexity index is 1310. The Morgan fingerprint density at radius 1 is 1.06 bits per heavy atom. The summed E-state index contributed by atoms with van der Waals surface area (Å²) in [6, 6.07) is 12.5. The molecule has 0 bridgehead atoms. The highest BCUT2D eigenvalue weighted by Crippen LogP contribution is 2.32. The first-order valence-electron chi connectivity index (χ1n) is 8.82. The lowest BCUT2D eigenvalue weighted by Gasteiger charge is -2.05. The van der Waals surface area contributed by atoms with Crippen LogP contribution in [0.4, 0.5) is 10.8 Å². The van der Waals surface area contributed by atoms with E-state index in [0.29, 0.717) is 21.3 Å². The van der Waals surface area contributed by atoms with E-state index in [1.807, 2.05) is 6.07 Å². The van der Waals surface area contributed by atoms with Gasteiger partial charge in [-0.25, -0.2) is 0 Å². The second kappa shape index (κ2) is 11.0. The lowest BCUT2D eigenvalue weighted by molar-refractivity contribution is -0.114. The minimum Gasteiger partial charge on any atom is -0.369 e. The summed E-state index contributed by atoms with van der Waals surface area (Å²) >= 11 is 7.27. The molecule has 0 spiro atoms. The van der Waals surface area contributed by atoms with Gasteiger partial charge in [0.25, 0.3) is 10.0 Å². The summed E-state index contributed by atoms with van der Waals surface area (Å²) in [6.45, 7) is 1.34. The van der Waals surface area contributed by atoms with Crippen LogP contribution in [-0.4, -0.2) is 36.4 Å². The smallest absolute Gasteiger partial charge is 0.285 e. The second-order valence-corrected chi connectivity index (χ2v) is 9.12. The quantitative estimate of drug-likeness (QED) is 0.288. The molecule has 15 heteroatoms. The lowest BCUT2D eigenvalue weighted by Crippen LogP contribution is -2.41. The second-order valence-electron chi connectivity index (χ2n) is 6.15. The molecule has 1 amide bonds. The number of anilines is 1. The first kappa shape index (κ1) is 26.0. The number of carbonyl (C=O) groups is 1. The van der Waals surface area contributed by atoms with Crippen molar-refractivity contribution >= 4 is 74.0 Å². The molecule has 0 fully saturated rings. The number of benzene rings is 2. The fraction of sp³-hybridized carbons (Fsp3) is 0.0556. The van der Waals surface area contributed by atoms with Crippen LogP contribution in [0.25, 0.3) is 10.6 Å². The molecular weight excluding hydrogens is 511 g/mol. The van der Waals surface area contributed by atoms with Gasteiger partial charge in [-0.3, -0.25) is 10.1 Å². The molecular formula is C18H18Cl2N8O3S2. The van der Waals surface area contributed by atoms with Gasteiger partial charge in [0.15, 0.2) is 5.01 Å². The Hall–Kier alpha value is -3.26. The van der Waals surface area contributed by atoms with Crippen molar-refractivity contribution in [1.82, 2.24) is 15.5 Å². The number of aromatic nitrogens is 2. The molecule has 0 saturated heterocycles. The Labute approximate surface area is 204 Å². The molecule has 0 radical (unpaired) electrons. The molecule has 0 aliphatic carbocycles. The van der Waals surface area contributed by atoms with Gasteiger partial charge in [0.05, 0.1) is 9.92 Å². The van der Waals surface area contributed by atoms with Crippen LogP contribution in [0.15, 0.2) is 62.8 Å². The zero-order valence-corrected chi connectivity index (χ0v) is 20.1. The van der Waals surface area contributed by atoms with Crippen LogP contribution in [0.3, 0.4) is 0 Å². The van der Waals surface area contributed by atoms with Crippen LogP contribution in [0.2, 0.25) is 5.02 Å². The molecule has 33 heavy (non-hydrogen) atoms. The van der Waals surface area contributed by atoms with Crippen molar-refractivity contribution in [2.45, 2.75) is 11.8 Å². The van der Waals surface area contributed by atoms with Gasteiger partial charge in [-0.15, -0.1) is 27.0 Å². The molecule has 3 rings (SSSR count). The molecule has 0 aliphatic rings. The molecule has 6 N–H and O–H groups in total. The van der Waals surface area contributed by atoms with Crippen LogP contribution in [0.5, 0.6) is 0 Å². The van der Waals surface area contributed by atoms with Crippen molar-refractivity contribution < 1.29 is 13.2 Å². The molecule has 0 aliphatic heterocycles. The number of amides is 1. The predicted molar refractivity (Wildman–Crippen MR) is 132 cm³/mol. The van der Waals surface area contributed by atoms with Crippen molar-refractivity contribution in [2.75, 3.05) is 5.32 Å². The number of aliphatic imine (C=N–C) groups is 1. The van der Waals surface area contributed by atoms with Crippen LogP contribution in [-0.2, 0) is 14.8 Å². The highest BCUT2D eigenvalue weighted by atomic mass is 35.5. The third-order valence-electron chi connectivity index (χ3n) is 3.68. The standard InChI is InChI=1S/C18H17ClN8O3S2.ClH/c1-10(28)22-11-6-8-12(9-7-11)32(29,30)27-17(21)23-16(20)24-18-26-25-15(31-18)13-4-2-3-5-14(13)19;/h2-9H,1H3,(H,22,28)(H5,20,21,23,24,26,27);1H. The fourth-order valence-electron chi connectivity index (χ4n) is 2.38. The summed E-state index contributed by atoms with van der Waals surface area (Å²) in [6.07, 6.45) is 0. The van der Waals surface area contributed by atoms with Crippen LogP contribution in [0.1, 0.15) is 6.92 Å². The molecule has 0 saturated carbocycles. The Morgan fingerprint density at radius 3 is 2.36 bits per heavy atom. The summed E-state index contributed by atoms with van der Waals surface area (Å²) in [4.78, 5) is 14.9. The van der Waals surface area contributed by atoms with Crippen LogP contribution < -0.4 is 22.1 Å². The predicted octanol–water partition coefficient (Wildman–Crippen LogP) is 2.48. The summed E-state index contributed by atoms with van der Waals surface area (Å²) in [7, 11) is -4.12. The number of nitrogens with one attached hydrogen (secondary N) is 2. The van der Waals surface area contributed by atoms with E-state index < -0.39 is 16.0 Å². The number of sulfonamides is 1. The molecule has 11 nitrogen and oxygen atoms in total. The van der Waals surface area contributed by atoms with E-state index in [9.17, 15) is 13.2 Å². The summed E-state index contributed by atoms with van der Waals surface area (Å²) in [5.41, 5.74) is 12.6. The van der Waals surface area contributed by atoms with Crippen molar-refractivity contribution in [3.8, 4) is 10.6 Å². The Balaban J connectivity index is 0.00000385. The molecule has 1 aromatic heterocycles. The van der Waals surface area contributed by atoms with Crippen molar-refractivity contribution in [2.24, 2.45) is 20.9 Å². The van der Waals surface area contributed by atoms with E-state index in [2.05, 4.69) is 30.2 Å². The molecule has 3 aromatic rings. The molecule has 2 aromatic carbocycles. The third kappa shape index (κ3) is 7.12. The maximum atomic E-state index is 12.4. The summed E-state index contributed by atoms with van der Waals surface area (Å²) in [5.74, 6) is -1.01. The minimum absolute atomic E-state index is 0. The van der Waals surface area contributed by atoms with Crippen molar-refractivity contribution in [3.05, 3.63) is 53.6 Å². The topological polar surface area (TPSA) is 178 Å². The van der Waals surface area contributed by atoms with Gasteiger partial charge >= 0.3 is 0 Å². The first-order valence-corrected chi connectivity index (χ1v) is 11.5. The number of halogens is 2.